The molecule has 0 aromatic heterocycles. The number of rotatable bonds is 9. The Labute approximate surface area is 138 Å². The summed E-state index contributed by atoms with van der Waals surface area (Å²) in [6, 6.07) is 6.69. The second-order valence-corrected chi connectivity index (χ2v) is 6.71. The maximum atomic E-state index is 11.7. The van der Waals surface area contributed by atoms with Gasteiger partial charge in [0.05, 0.1) is 11.4 Å². The standard InChI is InChI=1S/C15H26N4O3S/c1-4-17-15(18-10-5-11-22-3)19-12-13-6-8-14(9-7-13)23(20,21)16-2/h6-9,16H,4-5,10-12H2,1-3H3,(H2,17,18,19). The molecule has 1 rings (SSSR count). The molecule has 0 heterocycles. The highest BCUT2D eigenvalue weighted by Crippen LogP contribution is 2.10. The van der Waals surface area contributed by atoms with E-state index < -0.39 is 10.0 Å². The number of benzene rings is 1. The van der Waals surface area contributed by atoms with Crippen molar-refractivity contribution in [1.82, 2.24) is 15.4 Å². The molecule has 0 unspecified atom stereocenters. The van der Waals surface area contributed by atoms with E-state index in [0.29, 0.717) is 13.2 Å². The van der Waals surface area contributed by atoms with Crippen LogP contribution in [-0.4, -0.2) is 48.2 Å². The number of guanidine groups is 1. The first-order valence-corrected chi connectivity index (χ1v) is 9.05. The van der Waals surface area contributed by atoms with E-state index in [1.807, 2.05) is 6.92 Å². The first-order valence-electron chi connectivity index (χ1n) is 7.57. The molecule has 0 fully saturated rings. The van der Waals surface area contributed by atoms with E-state index in [-0.39, 0.29) is 4.90 Å². The Bertz CT molecular complexity index is 585. The van der Waals surface area contributed by atoms with Gasteiger partial charge in [-0.1, -0.05) is 12.1 Å². The van der Waals surface area contributed by atoms with Crippen molar-refractivity contribution in [3.05, 3.63) is 29.8 Å². The molecule has 1 aromatic carbocycles. The van der Waals surface area contributed by atoms with Gasteiger partial charge in [-0.2, -0.15) is 0 Å². The van der Waals surface area contributed by atoms with E-state index >= 15 is 0 Å². The maximum Gasteiger partial charge on any atom is 0.240 e. The maximum absolute atomic E-state index is 11.7. The van der Waals surface area contributed by atoms with Gasteiger partial charge in [0.15, 0.2) is 5.96 Å². The van der Waals surface area contributed by atoms with E-state index in [1.54, 1.807) is 31.4 Å². The predicted octanol–water partition coefficient (Wildman–Crippen LogP) is 0.686. The van der Waals surface area contributed by atoms with Crippen LogP contribution in [-0.2, 0) is 21.3 Å². The van der Waals surface area contributed by atoms with Gasteiger partial charge in [0.25, 0.3) is 0 Å². The molecule has 0 aliphatic rings. The van der Waals surface area contributed by atoms with E-state index in [2.05, 4.69) is 20.3 Å². The van der Waals surface area contributed by atoms with Gasteiger partial charge in [-0.25, -0.2) is 18.1 Å². The summed E-state index contributed by atoms with van der Waals surface area (Å²) in [5, 5.41) is 6.39. The molecule has 3 N–H and O–H groups in total. The Hall–Kier alpha value is -1.64. The van der Waals surface area contributed by atoms with Crippen molar-refractivity contribution in [1.29, 1.82) is 0 Å². The van der Waals surface area contributed by atoms with E-state index in [0.717, 1.165) is 31.0 Å². The molecule has 0 spiro atoms. The zero-order valence-electron chi connectivity index (χ0n) is 13.9. The fourth-order valence-electron chi connectivity index (χ4n) is 1.83. The van der Waals surface area contributed by atoms with Gasteiger partial charge >= 0.3 is 0 Å². The zero-order valence-corrected chi connectivity index (χ0v) is 14.7. The molecule has 0 radical (unpaired) electrons. The minimum absolute atomic E-state index is 0.248. The monoisotopic (exact) mass is 342 g/mol. The minimum atomic E-state index is -3.39. The smallest absolute Gasteiger partial charge is 0.240 e. The molecule has 0 amide bonds. The highest BCUT2D eigenvalue weighted by atomic mass is 32.2. The molecule has 0 aliphatic carbocycles. The SMILES string of the molecule is CCNC(=NCc1ccc(S(=O)(=O)NC)cc1)NCCCOC. The highest BCUT2D eigenvalue weighted by Gasteiger charge is 2.10. The molecule has 0 saturated carbocycles. The van der Waals surface area contributed by atoms with Crippen LogP contribution in [0.25, 0.3) is 0 Å². The Balaban J connectivity index is 2.64. The first-order chi connectivity index (χ1) is 11.0. The molecule has 23 heavy (non-hydrogen) atoms. The van der Waals surface area contributed by atoms with Crippen molar-refractivity contribution in [3.63, 3.8) is 0 Å². The van der Waals surface area contributed by atoms with Gasteiger partial charge in [-0.3, -0.25) is 0 Å². The van der Waals surface area contributed by atoms with Crippen molar-refractivity contribution < 1.29 is 13.2 Å². The van der Waals surface area contributed by atoms with Crippen LogP contribution in [0.5, 0.6) is 0 Å². The van der Waals surface area contributed by atoms with Gasteiger partial charge in [0.2, 0.25) is 10.0 Å². The Morgan fingerprint density at radius 1 is 1.22 bits per heavy atom. The summed E-state index contributed by atoms with van der Waals surface area (Å²) in [6.45, 7) is 4.73. The fraction of sp³-hybridized carbons (Fsp3) is 0.533. The summed E-state index contributed by atoms with van der Waals surface area (Å²) < 4.78 is 30.6. The number of methoxy groups -OCH3 is 1. The summed E-state index contributed by atoms with van der Waals surface area (Å²) in [5.41, 5.74) is 0.939. The molecule has 0 atom stereocenters. The van der Waals surface area contributed by atoms with Crippen molar-refractivity contribution in [2.45, 2.75) is 24.8 Å². The van der Waals surface area contributed by atoms with Gasteiger partial charge in [-0.15, -0.1) is 0 Å². The predicted molar refractivity (Wildman–Crippen MR) is 92.0 cm³/mol. The molecule has 0 aliphatic heterocycles. The van der Waals surface area contributed by atoms with Gasteiger partial charge in [0.1, 0.15) is 0 Å². The molecule has 0 bridgehead atoms. The minimum Gasteiger partial charge on any atom is -0.385 e. The number of nitrogens with zero attached hydrogens (tertiary/aromatic N) is 1. The number of hydrogen-bond donors (Lipinski definition) is 3. The van der Waals surface area contributed by atoms with Crippen LogP contribution in [0, 0.1) is 0 Å². The Kier molecular flexibility index (Phi) is 8.60. The number of sulfonamides is 1. The van der Waals surface area contributed by atoms with Crippen LogP contribution in [0.1, 0.15) is 18.9 Å². The normalized spacial score (nSPS) is 12.2. The summed E-state index contributed by atoms with van der Waals surface area (Å²) in [5.74, 6) is 0.732. The number of ether oxygens (including phenoxy) is 1. The van der Waals surface area contributed by atoms with Crippen molar-refractivity contribution >= 4 is 16.0 Å². The van der Waals surface area contributed by atoms with Crippen LogP contribution < -0.4 is 15.4 Å². The van der Waals surface area contributed by atoms with Crippen molar-refractivity contribution in [2.75, 3.05) is 33.9 Å². The van der Waals surface area contributed by atoms with Gasteiger partial charge in [0, 0.05) is 26.8 Å². The third-order valence-corrected chi connectivity index (χ3v) is 4.51. The Morgan fingerprint density at radius 2 is 1.91 bits per heavy atom. The highest BCUT2D eigenvalue weighted by molar-refractivity contribution is 7.89. The number of aliphatic imine (C=N–C) groups is 1. The quantitative estimate of drug-likeness (QED) is 0.349. The van der Waals surface area contributed by atoms with Crippen LogP contribution in [0.3, 0.4) is 0 Å². The molecule has 7 nitrogen and oxygen atoms in total. The topological polar surface area (TPSA) is 91.8 Å². The number of nitrogens with one attached hydrogen (secondary N) is 3. The van der Waals surface area contributed by atoms with Crippen LogP contribution in [0.2, 0.25) is 0 Å². The lowest BCUT2D eigenvalue weighted by atomic mass is 10.2. The van der Waals surface area contributed by atoms with Crippen molar-refractivity contribution in [2.24, 2.45) is 4.99 Å². The van der Waals surface area contributed by atoms with Crippen LogP contribution >= 0.6 is 0 Å². The Morgan fingerprint density at radius 3 is 2.48 bits per heavy atom. The molecule has 130 valence electrons. The lowest BCUT2D eigenvalue weighted by Crippen LogP contribution is -2.38. The summed E-state index contributed by atoms with van der Waals surface area (Å²) >= 11 is 0. The largest absolute Gasteiger partial charge is 0.385 e. The van der Waals surface area contributed by atoms with E-state index in [9.17, 15) is 8.42 Å². The van der Waals surface area contributed by atoms with Gasteiger partial charge in [-0.05, 0) is 38.1 Å². The van der Waals surface area contributed by atoms with Crippen molar-refractivity contribution in [3.8, 4) is 0 Å². The lowest BCUT2D eigenvalue weighted by Gasteiger charge is -2.11. The fourth-order valence-corrected chi connectivity index (χ4v) is 2.56. The average molecular weight is 342 g/mol. The number of hydrogen-bond acceptors (Lipinski definition) is 4. The average Bonchev–Trinajstić information content (AvgIpc) is 2.56. The third-order valence-electron chi connectivity index (χ3n) is 3.08. The summed E-state index contributed by atoms with van der Waals surface area (Å²) in [6.07, 6.45) is 0.900. The lowest BCUT2D eigenvalue weighted by molar-refractivity contribution is 0.195. The molecule has 1 aromatic rings. The van der Waals surface area contributed by atoms with E-state index in [4.69, 9.17) is 4.74 Å². The second kappa shape index (κ2) is 10.2. The van der Waals surface area contributed by atoms with Gasteiger partial charge < -0.3 is 15.4 Å². The summed E-state index contributed by atoms with van der Waals surface area (Å²) in [4.78, 5) is 4.73. The summed E-state index contributed by atoms with van der Waals surface area (Å²) in [7, 11) is -0.323. The molecule has 0 saturated heterocycles. The van der Waals surface area contributed by atoms with Crippen LogP contribution in [0.15, 0.2) is 34.2 Å². The third kappa shape index (κ3) is 6.98. The molecule has 8 heteroatoms. The van der Waals surface area contributed by atoms with Crippen LogP contribution in [0.4, 0.5) is 0 Å². The van der Waals surface area contributed by atoms with E-state index in [1.165, 1.54) is 7.05 Å². The first kappa shape index (κ1) is 19.4. The molecular formula is C15H26N4O3S. The second-order valence-electron chi connectivity index (χ2n) is 4.82. The molecular weight excluding hydrogens is 316 g/mol. The zero-order chi connectivity index (χ0) is 17.1.